The second-order valence-corrected chi connectivity index (χ2v) is 8.66. The molecule has 2 fully saturated rings. The second-order valence-electron chi connectivity index (χ2n) is 7.09. The zero-order valence-electron chi connectivity index (χ0n) is 14.9. The minimum Gasteiger partial charge on any atom is -0.338 e. The van der Waals surface area contributed by atoms with Crippen molar-refractivity contribution in [1.82, 2.24) is 19.8 Å². The zero-order valence-corrected chi connectivity index (χ0v) is 15.8. The summed E-state index contributed by atoms with van der Waals surface area (Å²) in [6.45, 7) is 9.57. The lowest BCUT2D eigenvalue weighted by Crippen LogP contribution is -2.47. The van der Waals surface area contributed by atoms with Crippen molar-refractivity contribution in [2.24, 2.45) is 0 Å². The Balaban J connectivity index is 1.33. The van der Waals surface area contributed by atoms with Crippen molar-refractivity contribution in [3.05, 3.63) is 18.2 Å². The summed E-state index contributed by atoms with van der Waals surface area (Å²) >= 11 is 1.73. The van der Waals surface area contributed by atoms with Crippen molar-refractivity contribution in [1.29, 1.82) is 0 Å². The van der Waals surface area contributed by atoms with E-state index in [1.54, 1.807) is 11.8 Å². The van der Waals surface area contributed by atoms with Gasteiger partial charge in [0.15, 0.2) is 5.82 Å². The van der Waals surface area contributed by atoms with Crippen LogP contribution in [0.15, 0.2) is 12.4 Å². The summed E-state index contributed by atoms with van der Waals surface area (Å²) in [4.78, 5) is 26.8. The number of nitrogens with zero attached hydrogens (tertiary/aromatic N) is 5. The van der Waals surface area contributed by atoms with E-state index in [0.717, 1.165) is 58.0 Å². The van der Waals surface area contributed by atoms with Gasteiger partial charge in [0.05, 0.1) is 23.0 Å². The number of carbonyl (C=O) groups excluding carboxylic acids is 1. The summed E-state index contributed by atoms with van der Waals surface area (Å²) in [5.41, 5.74) is 0. The molecule has 138 valence electrons. The van der Waals surface area contributed by atoms with Crippen molar-refractivity contribution >= 4 is 23.6 Å². The van der Waals surface area contributed by atoms with E-state index < -0.39 is 5.82 Å². The van der Waals surface area contributed by atoms with E-state index in [-0.39, 0.29) is 10.7 Å². The Kier molecular flexibility index (Phi) is 5.78. The number of hydrogen-bond donors (Lipinski definition) is 0. The summed E-state index contributed by atoms with van der Waals surface area (Å²) in [7, 11) is 0. The molecule has 0 N–H and O–H groups in total. The van der Waals surface area contributed by atoms with E-state index >= 15 is 0 Å². The third kappa shape index (κ3) is 4.61. The Morgan fingerprint density at radius 3 is 2.36 bits per heavy atom. The van der Waals surface area contributed by atoms with E-state index in [1.807, 2.05) is 18.7 Å². The van der Waals surface area contributed by atoms with Gasteiger partial charge in [0.1, 0.15) is 0 Å². The van der Waals surface area contributed by atoms with E-state index in [9.17, 15) is 9.18 Å². The van der Waals surface area contributed by atoms with Crippen LogP contribution in [0.2, 0.25) is 0 Å². The molecule has 1 amide bonds. The van der Waals surface area contributed by atoms with Crippen molar-refractivity contribution in [3.63, 3.8) is 0 Å². The Morgan fingerprint density at radius 1 is 1.12 bits per heavy atom. The third-order valence-corrected chi connectivity index (χ3v) is 6.13. The molecule has 0 atom stereocenters. The monoisotopic (exact) mass is 367 g/mol. The predicted molar refractivity (Wildman–Crippen MR) is 98.1 cm³/mol. The van der Waals surface area contributed by atoms with Crippen LogP contribution in [0, 0.1) is 5.82 Å². The lowest BCUT2D eigenvalue weighted by molar-refractivity contribution is -0.130. The van der Waals surface area contributed by atoms with E-state index in [4.69, 9.17) is 0 Å². The number of piperazine rings is 1. The number of anilines is 1. The first-order chi connectivity index (χ1) is 12.0. The summed E-state index contributed by atoms with van der Waals surface area (Å²) in [5, 5.41) is 0. The fourth-order valence-electron chi connectivity index (χ4n) is 3.18. The van der Waals surface area contributed by atoms with Gasteiger partial charge in [-0.1, -0.05) is 0 Å². The highest BCUT2D eigenvalue weighted by molar-refractivity contribution is 8.01. The lowest BCUT2D eigenvalue weighted by atomic mass is 10.1. The molecular weight excluding hydrogens is 341 g/mol. The van der Waals surface area contributed by atoms with Gasteiger partial charge in [0, 0.05) is 32.7 Å². The molecule has 0 saturated carbocycles. The smallest absolute Gasteiger partial charge is 0.238 e. The molecule has 1 aromatic rings. The fraction of sp³-hybridized carbons (Fsp3) is 0.706. The SMILES string of the molecule is CC1(C)SCN(CCCCN2CCN(c3ncc(F)cn3)CC2)C1=O. The quantitative estimate of drug-likeness (QED) is 0.715. The lowest BCUT2D eigenvalue weighted by Gasteiger charge is -2.34. The minimum atomic E-state index is -0.402. The van der Waals surface area contributed by atoms with Gasteiger partial charge >= 0.3 is 0 Å². The molecule has 0 aliphatic carbocycles. The first kappa shape index (κ1) is 18.4. The number of thioether (sulfide) groups is 1. The van der Waals surface area contributed by atoms with Gasteiger partial charge in [-0.05, 0) is 33.2 Å². The number of halogens is 1. The van der Waals surface area contributed by atoms with Crippen LogP contribution in [0.3, 0.4) is 0 Å². The molecule has 3 heterocycles. The van der Waals surface area contributed by atoms with Crippen molar-refractivity contribution in [3.8, 4) is 0 Å². The van der Waals surface area contributed by atoms with Gasteiger partial charge in [-0.15, -0.1) is 11.8 Å². The molecule has 0 bridgehead atoms. The highest BCUT2D eigenvalue weighted by atomic mass is 32.2. The standard InChI is InChI=1S/C17H26FN5OS/c1-17(2)15(24)23(13-25-17)6-4-3-5-21-7-9-22(10-8-21)16-19-11-14(18)12-20-16/h11-12H,3-10,13H2,1-2H3. The summed E-state index contributed by atoms with van der Waals surface area (Å²) < 4.78 is 12.6. The van der Waals surface area contributed by atoms with Gasteiger partial charge in [0.2, 0.25) is 11.9 Å². The molecule has 0 spiro atoms. The molecule has 0 radical (unpaired) electrons. The van der Waals surface area contributed by atoms with Crippen LogP contribution >= 0.6 is 11.8 Å². The molecule has 2 aliphatic heterocycles. The predicted octanol–water partition coefficient (Wildman–Crippen LogP) is 1.83. The average molecular weight is 367 g/mol. The number of aromatic nitrogens is 2. The molecule has 6 nitrogen and oxygen atoms in total. The number of unbranched alkanes of at least 4 members (excludes halogenated alkanes) is 1. The van der Waals surface area contributed by atoms with E-state index in [2.05, 4.69) is 19.8 Å². The number of hydrogen-bond acceptors (Lipinski definition) is 6. The largest absolute Gasteiger partial charge is 0.338 e. The van der Waals surface area contributed by atoms with Gasteiger partial charge in [0.25, 0.3) is 0 Å². The molecule has 25 heavy (non-hydrogen) atoms. The Labute approximate surface area is 152 Å². The highest BCUT2D eigenvalue weighted by Crippen LogP contribution is 2.34. The molecule has 2 saturated heterocycles. The van der Waals surface area contributed by atoms with Gasteiger partial charge in [-0.2, -0.15) is 0 Å². The number of carbonyl (C=O) groups is 1. The maximum atomic E-state index is 12.9. The number of rotatable bonds is 6. The Hall–Kier alpha value is -1.41. The van der Waals surface area contributed by atoms with Crippen LogP contribution in [0.25, 0.3) is 0 Å². The molecule has 8 heteroatoms. The first-order valence-corrected chi connectivity index (χ1v) is 9.82. The number of amides is 1. The zero-order chi connectivity index (χ0) is 17.9. The van der Waals surface area contributed by atoms with Gasteiger partial charge < -0.3 is 9.80 Å². The maximum Gasteiger partial charge on any atom is 0.238 e. The van der Waals surface area contributed by atoms with Crippen molar-refractivity contribution < 1.29 is 9.18 Å². The van der Waals surface area contributed by atoms with Crippen molar-refractivity contribution in [2.45, 2.75) is 31.4 Å². The highest BCUT2D eigenvalue weighted by Gasteiger charge is 2.38. The topological polar surface area (TPSA) is 52.6 Å². The molecule has 3 rings (SSSR count). The van der Waals surface area contributed by atoms with Gasteiger partial charge in [-0.3, -0.25) is 9.69 Å². The molecule has 1 aromatic heterocycles. The van der Waals surface area contributed by atoms with Crippen LogP contribution in [0.4, 0.5) is 10.3 Å². The summed E-state index contributed by atoms with van der Waals surface area (Å²) in [6.07, 6.45) is 4.58. The van der Waals surface area contributed by atoms with Crippen LogP contribution < -0.4 is 4.90 Å². The van der Waals surface area contributed by atoms with Crippen LogP contribution in [0.5, 0.6) is 0 Å². The Bertz CT molecular complexity index is 589. The van der Waals surface area contributed by atoms with Crippen LogP contribution in [-0.2, 0) is 4.79 Å². The molecule has 0 aromatic carbocycles. The average Bonchev–Trinajstić information content (AvgIpc) is 2.87. The fourth-order valence-corrected chi connectivity index (χ4v) is 4.16. The minimum absolute atomic E-state index is 0.251. The van der Waals surface area contributed by atoms with Crippen LogP contribution in [-0.4, -0.2) is 75.6 Å². The van der Waals surface area contributed by atoms with Gasteiger partial charge in [-0.25, -0.2) is 14.4 Å². The van der Waals surface area contributed by atoms with E-state index in [1.165, 1.54) is 12.4 Å². The van der Waals surface area contributed by atoms with Crippen LogP contribution in [0.1, 0.15) is 26.7 Å². The Morgan fingerprint density at radius 2 is 1.76 bits per heavy atom. The second kappa shape index (κ2) is 7.86. The normalized spacial score (nSPS) is 21.2. The molecular formula is C17H26FN5OS. The maximum absolute atomic E-state index is 12.9. The van der Waals surface area contributed by atoms with E-state index in [0.29, 0.717) is 5.95 Å². The van der Waals surface area contributed by atoms with Crippen molar-refractivity contribution in [2.75, 3.05) is 50.0 Å². The third-order valence-electron chi connectivity index (χ3n) is 4.80. The first-order valence-electron chi connectivity index (χ1n) is 8.84. The summed E-state index contributed by atoms with van der Waals surface area (Å²) in [6, 6.07) is 0. The summed E-state index contributed by atoms with van der Waals surface area (Å²) in [5.74, 6) is 1.29. The molecule has 2 aliphatic rings. The molecule has 0 unspecified atom stereocenters.